The van der Waals surface area contributed by atoms with Crippen molar-refractivity contribution in [2.75, 3.05) is 0 Å². The molecular formula is C11H9IN2O. The predicted molar refractivity (Wildman–Crippen MR) is 68.9 cm³/mol. The molecule has 0 aliphatic heterocycles. The number of fused-ring (bicyclic) bond motifs is 1. The normalized spacial score (nSPS) is 10.5. The molecule has 1 aromatic heterocycles. The first-order valence-electron chi connectivity index (χ1n) is 4.48. The van der Waals surface area contributed by atoms with Crippen LogP contribution in [0.4, 0.5) is 0 Å². The number of rotatable bonds is 2. The lowest BCUT2D eigenvalue weighted by Crippen LogP contribution is -2.19. The summed E-state index contributed by atoms with van der Waals surface area (Å²) >= 11 is 2.18. The van der Waals surface area contributed by atoms with Gasteiger partial charge in [-0.15, -0.1) is 6.58 Å². The second-order valence-electron chi connectivity index (χ2n) is 3.15. The minimum absolute atomic E-state index is 0.0154. The Hall–Kier alpha value is -1.17. The molecule has 2 rings (SSSR count). The van der Waals surface area contributed by atoms with Gasteiger partial charge in [-0.2, -0.15) is 0 Å². The Bertz CT molecular complexity index is 574. The van der Waals surface area contributed by atoms with Crippen molar-refractivity contribution in [1.29, 1.82) is 0 Å². The standard InChI is InChI=1S/C11H9IN2O/c1-2-5-14-7-13-10-4-3-8(12)6-9(10)11(14)15/h2-4,6-7H,1,5H2. The summed E-state index contributed by atoms with van der Waals surface area (Å²) in [6.07, 6.45) is 3.24. The van der Waals surface area contributed by atoms with Crippen molar-refractivity contribution in [2.24, 2.45) is 0 Å². The van der Waals surface area contributed by atoms with E-state index in [9.17, 15) is 4.79 Å². The molecule has 76 valence electrons. The highest BCUT2D eigenvalue weighted by molar-refractivity contribution is 14.1. The zero-order chi connectivity index (χ0) is 10.8. The number of allylic oxidation sites excluding steroid dienone is 1. The van der Waals surface area contributed by atoms with Gasteiger partial charge in [0.05, 0.1) is 17.2 Å². The summed E-state index contributed by atoms with van der Waals surface area (Å²) in [7, 11) is 0. The van der Waals surface area contributed by atoms with Crippen molar-refractivity contribution in [3.05, 3.63) is 51.1 Å². The van der Waals surface area contributed by atoms with Crippen molar-refractivity contribution >= 4 is 33.5 Å². The largest absolute Gasteiger partial charge is 0.295 e. The number of hydrogen-bond donors (Lipinski definition) is 0. The molecule has 0 radical (unpaired) electrons. The Morgan fingerprint density at radius 1 is 1.53 bits per heavy atom. The topological polar surface area (TPSA) is 34.9 Å². The van der Waals surface area contributed by atoms with Gasteiger partial charge in [0.2, 0.25) is 0 Å². The molecular weight excluding hydrogens is 303 g/mol. The van der Waals surface area contributed by atoms with Gasteiger partial charge in [0.15, 0.2) is 0 Å². The molecule has 2 aromatic rings. The minimum Gasteiger partial charge on any atom is -0.295 e. The Morgan fingerprint density at radius 3 is 3.07 bits per heavy atom. The van der Waals surface area contributed by atoms with Crippen LogP contribution in [0.25, 0.3) is 10.9 Å². The average molecular weight is 312 g/mol. The van der Waals surface area contributed by atoms with Crippen molar-refractivity contribution in [2.45, 2.75) is 6.54 Å². The summed E-state index contributed by atoms with van der Waals surface area (Å²) in [4.78, 5) is 16.2. The van der Waals surface area contributed by atoms with E-state index >= 15 is 0 Å². The van der Waals surface area contributed by atoms with Crippen molar-refractivity contribution < 1.29 is 0 Å². The first-order chi connectivity index (χ1) is 7.22. The summed E-state index contributed by atoms with van der Waals surface area (Å²) in [5.74, 6) is 0. The van der Waals surface area contributed by atoms with Crippen LogP contribution in [0.5, 0.6) is 0 Å². The molecule has 0 atom stereocenters. The molecule has 0 aliphatic rings. The summed E-state index contributed by atoms with van der Waals surface area (Å²) in [5.41, 5.74) is 0.721. The van der Waals surface area contributed by atoms with E-state index in [0.717, 1.165) is 9.09 Å². The lowest BCUT2D eigenvalue weighted by molar-refractivity contribution is 0.768. The lowest BCUT2D eigenvalue weighted by atomic mass is 10.2. The smallest absolute Gasteiger partial charge is 0.261 e. The monoisotopic (exact) mass is 312 g/mol. The van der Waals surface area contributed by atoms with Crippen molar-refractivity contribution in [1.82, 2.24) is 9.55 Å². The first kappa shape index (κ1) is 10.4. The third kappa shape index (κ3) is 1.94. The summed E-state index contributed by atoms with van der Waals surface area (Å²) in [6.45, 7) is 4.10. The second kappa shape index (κ2) is 4.14. The first-order valence-corrected chi connectivity index (χ1v) is 5.56. The zero-order valence-corrected chi connectivity index (χ0v) is 10.1. The van der Waals surface area contributed by atoms with Gasteiger partial charge in [-0.1, -0.05) is 6.08 Å². The number of nitrogens with zero attached hydrogens (tertiary/aromatic N) is 2. The molecule has 0 N–H and O–H groups in total. The number of benzene rings is 1. The van der Waals surface area contributed by atoms with Crippen molar-refractivity contribution in [3.8, 4) is 0 Å². The van der Waals surface area contributed by atoms with E-state index in [0.29, 0.717) is 11.9 Å². The number of halogens is 1. The molecule has 0 fully saturated rings. The van der Waals surface area contributed by atoms with Gasteiger partial charge in [-0.25, -0.2) is 4.98 Å². The second-order valence-corrected chi connectivity index (χ2v) is 4.40. The molecule has 15 heavy (non-hydrogen) atoms. The van der Waals surface area contributed by atoms with Gasteiger partial charge < -0.3 is 0 Å². The van der Waals surface area contributed by atoms with Crippen LogP contribution in [0.2, 0.25) is 0 Å². The Balaban J connectivity index is 2.76. The highest BCUT2D eigenvalue weighted by Gasteiger charge is 2.02. The Labute approximate surface area is 101 Å². The SMILES string of the molecule is C=CCn1cnc2ccc(I)cc2c1=O. The fraction of sp³-hybridized carbons (Fsp3) is 0.0909. The van der Waals surface area contributed by atoms with Crippen LogP contribution >= 0.6 is 22.6 Å². The van der Waals surface area contributed by atoms with E-state index in [1.807, 2.05) is 18.2 Å². The molecule has 1 heterocycles. The molecule has 0 saturated carbocycles. The fourth-order valence-electron chi connectivity index (χ4n) is 1.40. The Morgan fingerprint density at radius 2 is 2.33 bits per heavy atom. The van der Waals surface area contributed by atoms with E-state index in [1.165, 1.54) is 0 Å². The third-order valence-electron chi connectivity index (χ3n) is 2.11. The van der Waals surface area contributed by atoms with E-state index in [1.54, 1.807) is 17.0 Å². The summed E-state index contributed by atoms with van der Waals surface area (Å²) in [5, 5.41) is 0.659. The van der Waals surface area contributed by atoms with Crippen LogP contribution in [0.1, 0.15) is 0 Å². The van der Waals surface area contributed by atoms with Gasteiger partial charge in [-0.3, -0.25) is 9.36 Å². The molecule has 0 amide bonds. The quantitative estimate of drug-likeness (QED) is 0.629. The van der Waals surface area contributed by atoms with Gasteiger partial charge in [0.25, 0.3) is 5.56 Å². The summed E-state index contributed by atoms with van der Waals surface area (Å²) in [6, 6.07) is 5.65. The molecule has 0 saturated heterocycles. The zero-order valence-electron chi connectivity index (χ0n) is 7.98. The molecule has 0 bridgehead atoms. The molecule has 4 heteroatoms. The van der Waals surface area contributed by atoms with Gasteiger partial charge in [-0.05, 0) is 40.8 Å². The van der Waals surface area contributed by atoms with Gasteiger partial charge in [0, 0.05) is 10.1 Å². The maximum absolute atomic E-state index is 11.9. The maximum atomic E-state index is 11.9. The molecule has 0 aliphatic carbocycles. The number of hydrogen-bond acceptors (Lipinski definition) is 2. The third-order valence-corrected chi connectivity index (χ3v) is 2.78. The van der Waals surface area contributed by atoms with E-state index in [-0.39, 0.29) is 5.56 Å². The highest BCUT2D eigenvalue weighted by atomic mass is 127. The average Bonchev–Trinajstić information content (AvgIpc) is 2.23. The number of aromatic nitrogens is 2. The summed E-state index contributed by atoms with van der Waals surface area (Å²) < 4.78 is 2.58. The lowest BCUT2D eigenvalue weighted by Gasteiger charge is -2.03. The van der Waals surface area contributed by atoms with Crippen LogP contribution in [0.15, 0.2) is 42.0 Å². The molecule has 1 aromatic carbocycles. The van der Waals surface area contributed by atoms with E-state index in [4.69, 9.17) is 0 Å². The molecule has 0 unspecified atom stereocenters. The minimum atomic E-state index is -0.0154. The maximum Gasteiger partial charge on any atom is 0.261 e. The predicted octanol–water partition coefficient (Wildman–Crippen LogP) is 2.19. The van der Waals surface area contributed by atoms with Crippen LogP contribution < -0.4 is 5.56 Å². The van der Waals surface area contributed by atoms with Gasteiger partial charge in [0.1, 0.15) is 0 Å². The van der Waals surface area contributed by atoms with Crippen molar-refractivity contribution in [3.63, 3.8) is 0 Å². The van der Waals surface area contributed by atoms with Crippen LogP contribution in [-0.4, -0.2) is 9.55 Å². The van der Waals surface area contributed by atoms with E-state index < -0.39 is 0 Å². The molecule has 0 spiro atoms. The van der Waals surface area contributed by atoms with Crippen LogP contribution in [-0.2, 0) is 6.54 Å². The highest BCUT2D eigenvalue weighted by Crippen LogP contribution is 2.11. The fourth-order valence-corrected chi connectivity index (χ4v) is 1.89. The van der Waals surface area contributed by atoms with Crippen LogP contribution in [0, 0.1) is 3.57 Å². The van der Waals surface area contributed by atoms with Gasteiger partial charge >= 0.3 is 0 Å². The molecule has 3 nitrogen and oxygen atoms in total. The van der Waals surface area contributed by atoms with Crippen LogP contribution in [0.3, 0.4) is 0 Å². The Kier molecular flexibility index (Phi) is 2.86. The van der Waals surface area contributed by atoms with E-state index in [2.05, 4.69) is 34.2 Å².